The number of rotatable bonds is 5. The second-order valence-corrected chi connectivity index (χ2v) is 4.88. The third kappa shape index (κ3) is 3.93. The fourth-order valence-corrected chi connectivity index (χ4v) is 1.71. The van der Waals surface area contributed by atoms with E-state index in [1.54, 1.807) is 0 Å². The number of nitrogens with zero attached hydrogens (tertiary/aromatic N) is 3. The molecule has 2 rings (SSSR count). The van der Waals surface area contributed by atoms with Gasteiger partial charge >= 0.3 is 0 Å². The van der Waals surface area contributed by atoms with Crippen molar-refractivity contribution in [3.8, 4) is 6.07 Å². The molecule has 112 valence electrons. The normalized spacial score (nSPS) is 11.1. The van der Waals surface area contributed by atoms with E-state index in [2.05, 4.69) is 39.7 Å². The van der Waals surface area contributed by atoms with Crippen LogP contribution in [0.3, 0.4) is 0 Å². The predicted octanol–water partition coefficient (Wildman–Crippen LogP) is 2.39. The minimum absolute atomic E-state index is 0.0654. The van der Waals surface area contributed by atoms with Crippen molar-refractivity contribution in [3.63, 3.8) is 0 Å². The standard InChI is InChI=1S/C15H16N6O/c1-10(2)11-3-5-13(6-4-11)20-14(22)12(7-16)8-17-15-18-9-19-21-15/h3-6,8-10H,1-2H3,(H,20,22)(H2,17,18,19,21)/b12-8-. The zero-order valence-electron chi connectivity index (χ0n) is 12.3. The highest BCUT2D eigenvalue weighted by atomic mass is 16.1. The molecule has 0 saturated heterocycles. The number of hydrogen-bond acceptors (Lipinski definition) is 5. The number of hydrogen-bond donors (Lipinski definition) is 3. The molecule has 7 heteroatoms. The Balaban J connectivity index is 2.03. The summed E-state index contributed by atoms with van der Waals surface area (Å²) in [6.07, 6.45) is 2.59. The molecule has 0 unspecified atom stereocenters. The van der Waals surface area contributed by atoms with Crippen molar-refractivity contribution >= 4 is 17.5 Å². The maximum Gasteiger partial charge on any atom is 0.267 e. The van der Waals surface area contributed by atoms with Crippen LogP contribution >= 0.6 is 0 Å². The average molecular weight is 296 g/mol. The summed E-state index contributed by atoms with van der Waals surface area (Å²) in [6.45, 7) is 4.19. The summed E-state index contributed by atoms with van der Waals surface area (Å²) in [7, 11) is 0. The summed E-state index contributed by atoms with van der Waals surface area (Å²) in [4.78, 5) is 15.9. The minimum Gasteiger partial charge on any atom is -0.330 e. The number of anilines is 2. The van der Waals surface area contributed by atoms with E-state index in [9.17, 15) is 4.79 Å². The first-order valence-electron chi connectivity index (χ1n) is 6.73. The molecule has 0 aliphatic heterocycles. The highest BCUT2D eigenvalue weighted by Crippen LogP contribution is 2.17. The first-order chi connectivity index (χ1) is 10.6. The lowest BCUT2D eigenvalue weighted by molar-refractivity contribution is -0.112. The van der Waals surface area contributed by atoms with Gasteiger partial charge in [-0.3, -0.25) is 4.79 Å². The summed E-state index contributed by atoms with van der Waals surface area (Å²) < 4.78 is 0. The zero-order chi connectivity index (χ0) is 15.9. The molecule has 0 fully saturated rings. The lowest BCUT2D eigenvalue weighted by Crippen LogP contribution is -2.14. The molecule has 1 aromatic heterocycles. The van der Waals surface area contributed by atoms with Crippen LogP contribution in [0.15, 0.2) is 42.4 Å². The topological polar surface area (TPSA) is 106 Å². The van der Waals surface area contributed by atoms with E-state index >= 15 is 0 Å². The van der Waals surface area contributed by atoms with Crippen molar-refractivity contribution in [1.82, 2.24) is 15.2 Å². The number of nitrogens with one attached hydrogen (secondary N) is 3. The van der Waals surface area contributed by atoms with E-state index in [1.807, 2.05) is 30.3 Å². The monoisotopic (exact) mass is 296 g/mol. The lowest BCUT2D eigenvalue weighted by atomic mass is 10.0. The Morgan fingerprint density at radius 1 is 1.36 bits per heavy atom. The highest BCUT2D eigenvalue weighted by Gasteiger charge is 2.09. The van der Waals surface area contributed by atoms with Crippen molar-refractivity contribution < 1.29 is 4.79 Å². The van der Waals surface area contributed by atoms with Gasteiger partial charge in [-0.2, -0.15) is 15.3 Å². The van der Waals surface area contributed by atoms with Gasteiger partial charge in [0, 0.05) is 11.9 Å². The van der Waals surface area contributed by atoms with Crippen LogP contribution in [0.4, 0.5) is 11.6 Å². The molecule has 0 aliphatic carbocycles. The van der Waals surface area contributed by atoms with Gasteiger partial charge in [-0.1, -0.05) is 26.0 Å². The molecule has 22 heavy (non-hydrogen) atoms. The summed E-state index contributed by atoms with van der Waals surface area (Å²) in [5.41, 5.74) is 1.75. The van der Waals surface area contributed by atoms with Gasteiger partial charge < -0.3 is 10.6 Å². The second kappa shape index (κ2) is 7.04. The molecular formula is C15H16N6O. The largest absolute Gasteiger partial charge is 0.330 e. The molecule has 0 bridgehead atoms. The molecular weight excluding hydrogens is 280 g/mol. The van der Waals surface area contributed by atoms with Crippen LogP contribution < -0.4 is 10.6 Å². The van der Waals surface area contributed by atoms with Crippen LogP contribution in [-0.2, 0) is 4.79 Å². The smallest absolute Gasteiger partial charge is 0.267 e. The molecule has 1 aromatic carbocycles. The van der Waals surface area contributed by atoms with E-state index < -0.39 is 5.91 Å². The average Bonchev–Trinajstić information content (AvgIpc) is 3.01. The Morgan fingerprint density at radius 3 is 2.64 bits per heavy atom. The number of aromatic nitrogens is 3. The van der Waals surface area contributed by atoms with E-state index in [0.717, 1.165) is 0 Å². The molecule has 0 radical (unpaired) electrons. The Labute approximate surface area is 128 Å². The van der Waals surface area contributed by atoms with Gasteiger partial charge in [0.05, 0.1) is 0 Å². The quantitative estimate of drug-likeness (QED) is 0.580. The molecule has 1 amide bonds. The fourth-order valence-electron chi connectivity index (χ4n) is 1.71. The van der Waals surface area contributed by atoms with Gasteiger partial charge in [0.2, 0.25) is 5.95 Å². The summed E-state index contributed by atoms with van der Waals surface area (Å²) >= 11 is 0. The van der Waals surface area contributed by atoms with Crippen molar-refractivity contribution in [1.29, 1.82) is 5.26 Å². The van der Waals surface area contributed by atoms with E-state index in [1.165, 1.54) is 18.1 Å². The Kier molecular flexibility index (Phi) is 4.88. The van der Waals surface area contributed by atoms with Crippen LogP contribution in [0, 0.1) is 11.3 Å². The van der Waals surface area contributed by atoms with Gasteiger partial charge in [0.15, 0.2) is 0 Å². The molecule has 0 atom stereocenters. The van der Waals surface area contributed by atoms with Crippen LogP contribution in [0.25, 0.3) is 0 Å². The first kappa shape index (κ1) is 15.3. The summed E-state index contributed by atoms with van der Waals surface area (Å²) in [5, 5.41) is 20.6. The number of H-pyrrole nitrogens is 1. The Morgan fingerprint density at radius 2 is 2.09 bits per heavy atom. The molecule has 1 heterocycles. The maximum absolute atomic E-state index is 12.0. The number of benzene rings is 1. The number of aromatic amines is 1. The number of amides is 1. The molecule has 0 aliphatic rings. The SMILES string of the molecule is CC(C)c1ccc(NC(=O)/C(C#N)=C\Nc2ncn[nH]2)cc1. The van der Waals surface area contributed by atoms with Crippen molar-refractivity contribution in [2.24, 2.45) is 0 Å². The van der Waals surface area contributed by atoms with Crippen molar-refractivity contribution in [3.05, 3.63) is 47.9 Å². The third-order valence-electron chi connectivity index (χ3n) is 2.97. The van der Waals surface area contributed by atoms with Crippen molar-refractivity contribution in [2.75, 3.05) is 10.6 Å². The number of carbonyl (C=O) groups excluding carboxylic acids is 1. The second-order valence-electron chi connectivity index (χ2n) is 4.88. The van der Waals surface area contributed by atoms with E-state index in [-0.39, 0.29) is 5.57 Å². The summed E-state index contributed by atoms with van der Waals surface area (Å²) in [5.74, 6) is 0.277. The zero-order valence-corrected chi connectivity index (χ0v) is 12.3. The molecule has 2 aromatic rings. The van der Waals surface area contributed by atoms with Crippen LogP contribution in [-0.4, -0.2) is 21.1 Å². The number of nitriles is 1. The predicted molar refractivity (Wildman–Crippen MR) is 82.9 cm³/mol. The fraction of sp³-hybridized carbons (Fsp3) is 0.200. The highest BCUT2D eigenvalue weighted by molar-refractivity contribution is 6.06. The minimum atomic E-state index is -0.494. The maximum atomic E-state index is 12.0. The Bertz CT molecular complexity index is 695. The van der Waals surface area contributed by atoms with Crippen molar-refractivity contribution in [2.45, 2.75) is 19.8 Å². The third-order valence-corrected chi connectivity index (χ3v) is 2.97. The van der Waals surface area contributed by atoms with Gasteiger partial charge in [-0.25, -0.2) is 5.10 Å². The number of carbonyl (C=O) groups is 1. The van der Waals surface area contributed by atoms with E-state index in [0.29, 0.717) is 17.6 Å². The van der Waals surface area contributed by atoms with Gasteiger partial charge in [0.25, 0.3) is 5.91 Å². The lowest BCUT2D eigenvalue weighted by Gasteiger charge is -2.08. The molecule has 7 nitrogen and oxygen atoms in total. The molecule has 0 saturated carbocycles. The van der Waals surface area contributed by atoms with Crippen LogP contribution in [0.5, 0.6) is 0 Å². The Hall–Kier alpha value is -3.14. The van der Waals surface area contributed by atoms with Gasteiger partial charge in [0.1, 0.15) is 18.0 Å². The van der Waals surface area contributed by atoms with Crippen LogP contribution in [0.1, 0.15) is 25.3 Å². The molecule has 3 N–H and O–H groups in total. The molecule has 0 spiro atoms. The van der Waals surface area contributed by atoms with Gasteiger partial charge in [-0.15, -0.1) is 0 Å². The first-order valence-corrected chi connectivity index (χ1v) is 6.73. The summed E-state index contributed by atoms with van der Waals surface area (Å²) in [6, 6.07) is 9.36. The van der Waals surface area contributed by atoms with Gasteiger partial charge in [-0.05, 0) is 23.6 Å². The van der Waals surface area contributed by atoms with Crippen LogP contribution in [0.2, 0.25) is 0 Å². The van der Waals surface area contributed by atoms with E-state index in [4.69, 9.17) is 5.26 Å².